The van der Waals surface area contributed by atoms with Crippen molar-refractivity contribution in [3.05, 3.63) is 28.7 Å². The molecule has 2 rings (SSSR count). The largest absolute Gasteiger partial charge is 0.324 e. The van der Waals surface area contributed by atoms with Gasteiger partial charge in [0.1, 0.15) is 0 Å². The number of nitrogens with one attached hydrogen (secondary N) is 2. The van der Waals surface area contributed by atoms with Gasteiger partial charge in [0.15, 0.2) is 6.19 Å². The Morgan fingerprint density at radius 1 is 1.39 bits per heavy atom. The number of hydrogen-bond acceptors (Lipinski definition) is 4. The third-order valence-electron chi connectivity index (χ3n) is 4.21. The van der Waals surface area contributed by atoms with Gasteiger partial charge in [0, 0.05) is 10.0 Å². The monoisotopic (exact) mass is 379 g/mol. The van der Waals surface area contributed by atoms with Crippen LogP contribution in [-0.4, -0.2) is 33.3 Å². The standard InChI is InChI=1S/C16H22BrN5O/c1-15(2)9-13(16(3,4)22(15)23)21-14(19-10-18)20-12-8-6-5-7-11(12)17/h5-8,13,23H,9H2,1-4H3,(H2,19,20,21). The van der Waals surface area contributed by atoms with E-state index in [1.54, 1.807) is 0 Å². The molecule has 1 fully saturated rings. The topological polar surface area (TPSA) is 83.7 Å². The lowest BCUT2D eigenvalue weighted by Crippen LogP contribution is -2.48. The third kappa shape index (κ3) is 3.66. The predicted molar refractivity (Wildman–Crippen MR) is 94.1 cm³/mol. The molecule has 7 heteroatoms. The number of guanidine groups is 1. The number of hydroxylamine groups is 2. The van der Waals surface area contributed by atoms with Gasteiger partial charge in [-0.25, -0.2) is 4.99 Å². The van der Waals surface area contributed by atoms with Gasteiger partial charge in [-0.1, -0.05) is 12.1 Å². The minimum absolute atomic E-state index is 0.159. The van der Waals surface area contributed by atoms with E-state index >= 15 is 0 Å². The van der Waals surface area contributed by atoms with E-state index in [0.717, 1.165) is 10.2 Å². The molecule has 0 spiro atoms. The van der Waals surface area contributed by atoms with Crippen LogP contribution in [0.1, 0.15) is 34.1 Å². The minimum Gasteiger partial charge on any atom is -0.324 e. The summed E-state index contributed by atoms with van der Waals surface area (Å²) >= 11 is 3.46. The molecule has 0 aliphatic carbocycles. The molecule has 0 saturated carbocycles. The van der Waals surface area contributed by atoms with E-state index < -0.39 is 5.54 Å². The molecule has 3 N–H and O–H groups in total. The summed E-state index contributed by atoms with van der Waals surface area (Å²) in [5.41, 5.74) is -0.0885. The Morgan fingerprint density at radius 3 is 2.57 bits per heavy atom. The maximum absolute atomic E-state index is 10.4. The molecule has 1 aromatic rings. The van der Waals surface area contributed by atoms with Crippen LogP contribution in [0.5, 0.6) is 0 Å². The molecule has 124 valence electrons. The molecule has 6 nitrogen and oxygen atoms in total. The highest BCUT2D eigenvalue weighted by Crippen LogP contribution is 2.40. The number of halogens is 1. The second kappa shape index (κ2) is 6.48. The second-order valence-corrected chi connectivity index (χ2v) is 7.67. The Labute approximate surface area is 145 Å². The Hall–Kier alpha value is -1.62. The van der Waals surface area contributed by atoms with Gasteiger partial charge < -0.3 is 10.5 Å². The molecule has 1 aromatic carbocycles. The molecule has 1 atom stereocenters. The SMILES string of the molecule is CC1(C)CC(N=C(NC#N)Nc2ccccc2Br)C(C)(C)N1O. The van der Waals surface area contributed by atoms with E-state index in [-0.39, 0.29) is 11.6 Å². The molecule has 1 aliphatic heterocycles. The third-order valence-corrected chi connectivity index (χ3v) is 4.91. The fourth-order valence-corrected chi connectivity index (χ4v) is 3.31. The van der Waals surface area contributed by atoms with Gasteiger partial charge in [-0.05, 0) is 62.2 Å². The van der Waals surface area contributed by atoms with Crippen LogP contribution >= 0.6 is 15.9 Å². The van der Waals surface area contributed by atoms with E-state index in [4.69, 9.17) is 5.26 Å². The number of anilines is 1. The number of nitriles is 1. The summed E-state index contributed by atoms with van der Waals surface area (Å²) in [7, 11) is 0. The summed E-state index contributed by atoms with van der Waals surface area (Å²) in [5, 5.41) is 26.4. The summed E-state index contributed by atoms with van der Waals surface area (Å²) in [4.78, 5) is 4.65. The zero-order valence-electron chi connectivity index (χ0n) is 13.8. The highest BCUT2D eigenvalue weighted by Gasteiger charge is 2.51. The van der Waals surface area contributed by atoms with Crippen molar-refractivity contribution in [1.29, 1.82) is 5.26 Å². The number of nitrogens with zero attached hydrogens (tertiary/aromatic N) is 3. The quantitative estimate of drug-likeness (QED) is 0.317. The first-order valence-electron chi connectivity index (χ1n) is 7.42. The normalized spacial score (nSPS) is 23.3. The van der Waals surface area contributed by atoms with Crippen LogP contribution in [0.4, 0.5) is 5.69 Å². The van der Waals surface area contributed by atoms with Gasteiger partial charge in [-0.15, -0.1) is 0 Å². The Bertz CT molecular complexity index is 650. The lowest BCUT2D eigenvalue weighted by atomic mass is 9.95. The second-order valence-electron chi connectivity index (χ2n) is 6.82. The first-order valence-corrected chi connectivity index (χ1v) is 8.21. The molecule has 0 aromatic heterocycles. The minimum atomic E-state index is -0.526. The van der Waals surface area contributed by atoms with Crippen molar-refractivity contribution in [2.24, 2.45) is 4.99 Å². The van der Waals surface area contributed by atoms with Crippen molar-refractivity contribution in [2.75, 3.05) is 5.32 Å². The van der Waals surface area contributed by atoms with Gasteiger partial charge in [0.05, 0.1) is 17.3 Å². The summed E-state index contributed by atoms with van der Waals surface area (Å²) in [6, 6.07) is 7.45. The molecule has 1 aliphatic rings. The van der Waals surface area contributed by atoms with Crippen LogP contribution in [0.3, 0.4) is 0 Å². The van der Waals surface area contributed by atoms with Crippen LogP contribution in [0.2, 0.25) is 0 Å². The van der Waals surface area contributed by atoms with Crippen LogP contribution in [-0.2, 0) is 0 Å². The Kier molecular flexibility index (Phi) is 4.99. The lowest BCUT2D eigenvalue weighted by molar-refractivity contribution is -0.193. The Morgan fingerprint density at radius 2 is 2.04 bits per heavy atom. The van der Waals surface area contributed by atoms with Crippen molar-refractivity contribution in [2.45, 2.75) is 51.2 Å². The summed E-state index contributed by atoms with van der Waals surface area (Å²) < 4.78 is 0.877. The fraction of sp³-hybridized carbons (Fsp3) is 0.500. The maximum atomic E-state index is 10.4. The van der Waals surface area contributed by atoms with Crippen molar-refractivity contribution in [1.82, 2.24) is 10.4 Å². The zero-order chi connectivity index (χ0) is 17.3. The molecule has 1 saturated heterocycles. The summed E-state index contributed by atoms with van der Waals surface area (Å²) in [6.07, 6.45) is 2.59. The van der Waals surface area contributed by atoms with Gasteiger partial charge in [-0.2, -0.15) is 10.3 Å². The van der Waals surface area contributed by atoms with Gasteiger partial charge in [0.2, 0.25) is 5.96 Å². The number of hydrogen-bond donors (Lipinski definition) is 3. The highest BCUT2D eigenvalue weighted by atomic mass is 79.9. The maximum Gasteiger partial charge on any atom is 0.209 e. The summed E-state index contributed by atoms with van der Waals surface area (Å²) in [6.45, 7) is 7.84. The highest BCUT2D eigenvalue weighted by molar-refractivity contribution is 9.10. The van der Waals surface area contributed by atoms with Crippen LogP contribution < -0.4 is 10.6 Å². The van der Waals surface area contributed by atoms with Crippen molar-refractivity contribution < 1.29 is 5.21 Å². The average molecular weight is 380 g/mol. The van der Waals surface area contributed by atoms with Crippen molar-refractivity contribution >= 4 is 27.6 Å². The van der Waals surface area contributed by atoms with Crippen LogP contribution in [0.15, 0.2) is 33.7 Å². The molecule has 0 amide bonds. The fourth-order valence-electron chi connectivity index (χ4n) is 2.93. The number of aliphatic imine (C=N–C) groups is 1. The van der Waals surface area contributed by atoms with E-state index in [1.807, 2.05) is 58.2 Å². The van der Waals surface area contributed by atoms with Gasteiger partial charge in [-0.3, -0.25) is 5.32 Å². The Balaban J connectivity index is 2.29. The van der Waals surface area contributed by atoms with Gasteiger partial charge >= 0.3 is 0 Å². The number of rotatable bonds is 2. The predicted octanol–water partition coefficient (Wildman–Crippen LogP) is 3.31. The number of para-hydroxylation sites is 1. The first kappa shape index (κ1) is 17.7. The molecule has 1 unspecified atom stereocenters. The van der Waals surface area contributed by atoms with E-state index in [9.17, 15) is 5.21 Å². The molecule has 0 bridgehead atoms. The lowest BCUT2D eigenvalue weighted by Gasteiger charge is -2.35. The average Bonchev–Trinajstić information content (AvgIpc) is 2.62. The van der Waals surface area contributed by atoms with Crippen molar-refractivity contribution in [3.63, 3.8) is 0 Å². The molecule has 1 heterocycles. The van der Waals surface area contributed by atoms with Crippen LogP contribution in [0.25, 0.3) is 0 Å². The zero-order valence-corrected chi connectivity index (χ0v) is 15.3. The summed E-state index contributed by atoms with van der Waals surface area (Å²) in [5.74, 6) is 0.364. The molecular formula is C16H22BrN5O. The smallest absolute Gasteiger partial charge is 0.209 e. The first-order chi connectivity index (χ1) is 10.7. The van der Waals surface area contributed by atoms with E-state index in [1.165, 1.54) is 5.06 Å². The number of benzene rings is 1. The van der Waals surface area contributed by atoms with E-state index in [0.29, 0.717) is 12.4 Å². The van der Waals surface area contributed by atoms with Gasteiger partial charge in [0.25, 0.3) is 0 Å². The van der Waals surface area contributed by atoms with Crippen molar-refractivity contribution in [3.8, 4) is 6.19 Å². The molecular weight excluding hydrogens is 358 g/mol. The molecule has 0 radical (unpaired) electrons. The van der Waals surface area contributed by atoms with E-state index in [2.05, 4.69) is 31.6 Å². The van der Waals surface area contributed by atoms with Crippen LogP contribution in [0, 0.1) is 11.5 Å². The molecule has 23 heavy (non-hydrogen) atoms.